The smallest absolute Gasteiger partial charge is 0.234 e. The van der Waals surface area contributed by atoms with E-state index >= 15 is 0 Å². The number of hydrogen-bond donors (Lipinski definition) is 2. The predicted molar refractivity (Wildman–Crippen MR) is 93.3 cm³/mol. The van der Waals surface area contributed by atoms with Gasteiger partial charge in [0.25, 0.3) is 0 Å². The minimum Gasteiger partial charge on any atom is -0.396 e. The highest BCUT2D eigenvalue weighted by Gasteiger charge is 2.22. The molecule has 2 rings (SSSR count). The molecule has 5 heteroatoms. The van der Waals surface area contributed by atoms with Crippen LogP contribution in [0.4, 0.5) is 0 Å². The zero-order valence-electron chi connectivity index (χ0n) is 15.0. The molecule has 2 heterocycles. The monoisotopic (exact) mass is 325 g/mol. The molecule has 2 N–H and O–H groups in total. The number of aliphatic hydroxyl groups is 1. The van der Waals surface area contributed by atoms with Crippen molar-refractivity contribution >= 4 is 5.91 Å². The van der Waals surface area contributed by atoms with E-state index in [4.69, 9.17) is 5.11 Å². The van der Waals surface area contributed by atoms with Crippen LogP contribution >= 0.6 is 0 Å². The molecule has 5 nitrogen and oxygen atoms in total. The quantitative estimate of drug-likeness (QED) is 0.738. The van der Waals surface area contributed by atoms with Gasteiger partial charge in [0.1, 0.15) is 0 Å². The fourth-order valence-electron chi connectivity index (χ4n) is 3.61. The first-order chi connectivity index (χ1) is 11.1. The van der Waals surface area contributed by atoms with Crippen molar-refractivity contribution in [3.8, 4) is 0 Å². The average molecular weight is 325 g/mol. The Hall–Kier alpha value is -0.650. The largest absolute Gasteiger partial charge is 0.396 e. The van der Waals surface area contributed by atoms with Crippen LogP contribution in [0, 0.1) is 17.8 Å². The summed E-state index contributed by atoms with van der Waals surface area (Å²) in [4.78, 5) is 16.8. The third kappa shape index (κ3) is 6.77. The molecule has 134 valence electrons. The van der Waals surface area contributed by atoms with E-state index in [2.05, 4.69) is 29.0 Å². The summed E-state index contributed by atoms with van der Waals surface area (Å²) in [7, 11) is 0. The van der Waals surface area contributed by atoms with Crippen LogP contribution in [0.1, 0.15) is 39.5 Å². The summed E-state index contributed by atoms with van der Waals surface area (Å²) in [6.45, 7) is 11.4. The predicted octanol–water partition coefficient (Wildman–Crippen LogP) is 1.17. The lowest BCUT2D eigenvalue weighted by molar-refractivity contribution is -0.122. The van der Waals surface area contributed by atoms with Gasteiger partial charge in [-0.15, -0.1) is 0 Å². The van der Waals surface area contributed by atoms with Crippen molar-refractivity contribution in [3.63, 3.8) is 0 Å². The Kier molecular flexibility index (Phi) is 7.80. The van der Waals surface area contributed by atoms with E-state index in [0.717, 1.165) is 58.0 Å². The Bertz CT molecular complexity index is 348. The number of piperidine rings is 2. The molecule has 0 saturated carbocycles. The summed E-state index contributed by atoms with van der Waals surface area (Å²) in [5.74, 6) is 1.98. The fraction of sp³-hybridized carbons (Fsp3) is 0.944. The second-order valence-corrected chi connectivity index (χ2v) is 7.79. The molecule has 23 heavy (non-hydrogen) atoms. The standard InChI is InChI=1S/C18H35N3O2/c1-15-3-7-21(8-4-15)13-18(23)19-11-17-5-9-20(10-6-17)12-16(2)14-22/h15-17,22H,3-14H2,1-2H3,(H,19,23)/t16-/m0/s1. The fourth-order valence-corrected chi connectivity index (χ4v) is 3.61. The number of nitrogens with zero attached hydrogens (tertiary/aromatic N) is 2. The first kappa shape index (κ1) is 18.7. The van der Waals surface area contributed by atoms with Crippen LogP contribution < -0.4 is 5.32 Å². The van der Waals surface area contributed by atoms with Crippen molar-refractivity contribution in [1.29, 1.82) is 0 Å². The second kappa shape index (κ2) is 9.60. The number of nitrogens with one attached hydrogen (secondary N) is 1. The van der Waals surface area contributed by atoms with E-state index in [1.807, 2.05) is 0 Å². The third-order valence-corrected chi connectivity index (χ3v) is 5.42. The maximum Gasteiger partial charge on any atom is 0.234 e. The topological polar surface area (TPSA) is 55.8 Å². The van der Waals surface area contributed by atoms with Gasteiger partial charge in [0.15, 0.2) is 0 Å². The Balaban J connectivity index is 1.57. The van der Waals surface area contributed by atoms with Gasteiger partial charge in [-0.2, -0.15) is 0 Å². The Morgan fingerprint density at radius 1 is 1.13 bits per heavy atom. The number of amides is 1. The molecule has 0 aromatic heterocycles. The molecule has 0 bridgehead atoms. The SMILES string of the molecule is CC1CCN(CC(=O)NCC2CCN(C[C@H](C)CO)CC2)CC1. The van der Waals surface area contributed by atoms with Crippen molar-refractivity contribution in [3.05, 3.63) is 0 Å². The lowest BCUT2D eigenvalue weighted by Gasteiger charge is -2.33. The van der Waals surface area contributed by atoms with Gasteiger partial charge in [0, 0.05) is 19.7 Å². The zero-order valence-corrected chi connectivity index (χ0v) is 15.0. The summed E-state index contributed by atoms with van der Waals surface area (Å²) in [6, 6.07) is 0. The van der Waals surface area contributed by atoms with Crippen molar-refractivity contribution in [1.82, 2.24) is 15.1 Å². The molecule has 0 unspecified atom stereocenters. The van der Waals surface area contributed by atoms with E-state index in [-0.39, 0.29) is 12.5 Å². The summed E-state index contributed by atoms with van der Waals surface area (Å²) in [5.41, 5.74) is 0. The summed E-state index contributed by atoms with van der Waals surface area (Å²) in [5, 5.41) is 12.3. The van der Waals surface area contributed by atoms with Crippen molar-refractivity contribution < 1.29 is 9.90 Å². The molecule has 1 amide bonds. The molecule has 0 aliphatic carbocycles. The van der Waals surface area contributed by atoms with Gasteiger partial charge in [-0.05, 0) is 69.6 Å². The normalized spacial score (nSPS) is 23.8. The van der Waals surface area contributed by atoms with E-state index in [1.165, 1.54) is 12.8 Å². The number of likely N-dealkylation sites (tertiary alicyclic amines) is 2. The Morgan fingerprint density at radius 2 is 1.74 bits per heavy atom. The van der Waals surface area contributed by atoms with Gasteiger partial charge in [-0.1, -0.05) is 13.8 Å². The number of hydrogen-bond acceptors (Lipinski definition) is 4. The van der Waals surface area contributed by atoms with E-state index in [1.54, 1.807) is 0 Å². The van der Waals surface area contributed by atoms with Crippen LogP contribution in [-0.2, 0) is 4.79 Å². The average Bonchev–Trinajstić information content (AvgIpc) is 2.56. The van der Waals surface area contributed by atoms with Gasteiger partial charge in [-0.3, -0.25) is 9.69 Å². The maximum atomic E-state index is 12.1. The van der Waals surface area contributed by atoms with Crippen molar-refractivity contribution in [2.75, 3.05) is 52.4 Å². The summed E-state index contributed by atoms with van der Waals surface area (Å²) < 4.78 is 0. The molecule has 0 aromatic carbocycles. The van der Waals surface area contributed by atoms with Gasteiger partial charge < -0.3 is 15.3 Å². The van der Waals surface area contributed by atoms with Crippen molar-refractivity contribution in [2.45, 2.75) is 39.5 Å². The maximum absolute atomic E-state index is 12.1. The minimum absolute atomic E-state index is 0.191. The summed E-state index contributed by atoms with van der Waals surface area (Å²) in [6.07, 6.45) is 4.75. The summed E-state index contributed by atoms with van der Waals surface area (Å²) >= 11 is 0. The van der Waals surface area contributed by atoms with Gasteiger partial charge in [0.2, 0.25) is 5.91 Å². The first-order valence-electron chi connectivity index (χ1n) is 9.39. The lowest BCUT2D eigenvalue weighted by atomic mass is 9.96. The van der Waals surface area contributed by atoms with E-state index in [9.17, 15) is 4.79 Å². The number of carbonyl (C=O) groups excluding carboxylic acids is 1. The molecule has 2 saturated heterocycles. The second-order valence-electron chi connectivity index (χ2n) is 7.79. The van der Waals surface area contributed by atoms with Crippen molar-refractivity contribution in [2.24, 2.45) is 17.8 Å². The van der Waals surface area contributed by atoms with Crippen LogP contribution in [0.3, 0.4) is 0 Å². The van der Waals surface area contributed by atoms with E-state index in [0.29, 0.717) is 18.4 Å². The molecule has 2 fully saturated rings. The van der Waals surface area contributed by atoms with Gasteiger partial charge in [-0.25, -0.2) is 0 Å². The molecule has 0 spiro atoms. The van der Waals surface area contributed by atoms with E-state index < -0.39 is 0 Å². The highest BCUT2D eigenvalue weighted by atomic mass is 16.3. The lowest BCUT2D eigenvalue weighted by Crippen LogP contribution is -2.44. The molecule has 0 radical (unpaired) electrons. The van der Waals surface area contributed by atoms with Gasteiger partial charge >= 0.3 is 0 Å². The highest BCUT2D eigenvalue weighted by molar-refractivity contribution is 5.78. The van der Waals surface area contributed by atoms with Crippen LogP contribution in [-0.4, -0.2) is 73.2 Å². The zero-order chi connectivity index (χ0) is 16.7. The number of carbonyl (C=O) groups is 1. The molecular formula is C18H35N3O2. The minimum atomic E-state index is 0.191. The number of aliphatic hydroxyl groups excluding tert-OH is 1. The Labute approximate surface area is 141 Å². The highest BCUT2D eigenvalue weighted by Crippen LogP contribution is 2.18. The molecular weight excluding hydrogens is 290 g/mol. The van der Waals surface area contributed by atoms with Gasteiger partial charge in [0.05, 0.1) is 6.54 Å². The number of rotatable bonds is 7. The third-order valence-electron chi connectivity index (χ3n) is 5.42. The molecule has 1 atom stereocenters. The Morgan fingerprint density at radius 3 is 2.35 bits per heavy atom. The molecule has 2 aliphatic rings. The van der Waals surface area contributed by atoms with Crippen LogP contribution in [0.15, 0.2) is 0 Å². The first-order valence-corrected chi connectivity index (χ1v) is 9.39. The van der Waals surface area contributed by atoms with Crippen LogP contribution in [0.2, 0.25) is 0 Å². The molecule has 0 aromatic rings. The van der Waals surface area contributed by atoms with Crippen LogP contribution in [0.5, 0.6) is 0 Å². The molecule has 2 aliphatic heterocycles. The van der Waals surface area contributed by atoms with Crippen LogP contribution in [0.25, 0.3) is 0 Å².